The Hall–Kier alpha value is -0.570. The van der Waals surface area contributed by atoms with Crippen molar-refractivity contribution in [1.82, 2.24) is 4.90 Å². The van der Waals surface area contributed by atoms with Gasteiger partial charge in [-0.25, -0.2) is 0 Å². The molecule has 0 radical (unpaired) electrons. The number of aliphatic carboxylic acids is 1. The second kappa shape index (κ2) is 6.82. The molecule has 0 bridgehead atoms. The van der Waals surface area contributed by atoms with Gasteiger partial charge in [0.05, 0.1) is 5.92 Å². The molecule has 0 aliphatic carbocycles. The number of carbonyl (C=O) groups is 1. The molecule has 0 rings (SSSR count). The molecule has 1 N–H and O–H groups in total. The van der Waals surface area contributed by atoms with E-state index in [1.807, 2.05) is 14.0 Å². The lowest BCUT2D eigenvalue weighted by Crippen LogP contribution is -2.32. The Kier molecular flexibility index (Phi) is 6.54. The second-order valence-electron chi connectivity index (χ2n) is 4.03. The van der Waals surface area contributed by atoms with Crippen molar-refractivity contribution in [2.75, 3.05) is 20.1 Å². The Balaban J connectivity index is 4.20. The number of hydrogen-bond acceptors (Lipinski definition) is 2. The van der Waals surface area contributed by atoms with Gasteiger partial charge >= 0.3 is 5.97 Å². The van der Waals surface area contributed by atoms with E-state index in [4.69, 9.17) is 5.11 Å². The zero-order valence-corrected chi connectivity index (χ0v) is 9.79. The standard InChI is InChI=1S/C11H23NO2/c1-5-7-10(8-12(4)6-2)9(3)11(13)14/h9-10H,5-8H2,1-4H3,(H,13,14). The molecule has 3 nitrogen and oxygen atoms in total. The van der Waals surface area contributed by atoms with Crippen LogP contribution in [0.2, 0.25) is 0 Å². The third-order valence-electron chi connectivity index (χ3n) is 2.84. The van der Waals surface area contributed by atoms with E-state index in [9.17, 15) is 4.79 Å². The lowest BCUT2D eigenvalue weighted by Gasteiger charge is -2.25. The fraction of sp³-hybridized carbons (Fsp3) is 0.909. The van der Waals surface area contributed by atoms with Crippen molar-refractivity contribution < 1.29 is 9.90 Å². The zero-order chi connectivity index (χ0) is 11.1. The van der Waals surface area contributed by atoms with Crippen molar-refractivity contribution in [3.8, 4) is 0 Å². The van der Waals surface area contributed by atoms with Crippen LogP contribution in [0.15, 0.2) is 0 Å². The third kappa shape index (κ3) is 4.61. The highest BCUT2D eigenvalue weighted by molar-refractivity contribution is 5.69. The molecule has 0 spiro atoms. The van der Waals surface area contributed by atoms with Gasteiger partial charge in [-0.1, -0.05) is 27.2 Å². The molecule has 3 heteroatoms. The quantitative estimate of drug-likeness (QED) is 0.685. The van der Waals surface area contributed by atoms with Gasteiger partial charge in [-0.05, 0) is 25.9 Å². The zero-order valence-electron chi connectivity index (χ0n) is 9.79. The molecule has 0 aromatic carbocycles. The highest BCUT2D eigenvalue weighted by Gasteiger charge is 2.23. The average molecular weight is 201 g/mol. The highest BCUT2D eigenvalue weighted by Crippen LogP contribution is 2.18. The summed E-state index contributed by atoms with van der Waals surface area (Å²) < 4.78 is 0. The Morgan fingerprint density at radius 3 is 2.36 bits per heavy atom. The van der Waals surface area contributed by atoms with Crippen LogP contribution in [0.3, 0.4) is 0 Å². The summed E-state index contributed by atoms with van der Waals surface area (Å²) in [5.41, 5.74) is 0. The summed E-state index contributed by atoms with van der Waals surface area (Å²) in [5, 5.41) is 8.95. The molecule has 0 aliphatic heterocycles. The monoisotopic (exact) mass is 201 g/mol. The first-order valence-corrected chi connectivity index (χ1v) is 5.44. The Labute approximate surface area is 87.1 Å². The summed E-state index contributed by atoms with van der Waals surface area (Å²) in [6, 6.07) is 0. The number of carboxylic acid groups (broad SMARTS) is 1. The minimum atomic E-state index is -0.673. The molecule has 0 saturated heterocycles. The highest BCUT2D eigenvalue weighted by atomic mass is 16.4. The average Bonchev–Trinajstić information content (AvgIpc) is 2.15. The van der Waals surface area contributed by atoms with Gasteiger partial charge in [-0.2, -0.15) is 0 Å². The summed E-state index contributed by atoms with van der Waals surface area (Å²) >= 11 is 0. The van der Waals surface area contributed by atoms with Gasteiger partial charge in [0.1, 0.15) is 0 Å². The van der Waals surface area contributed by atoms with E-state index in [1.54, 1.807) is 0 Å². The number of nitrogens with zero attached hydrogens (tertiary/aromatic N) is 1. The van der Waals surface area contributed by atoms with Crippen LogP contribution in [-0.4, -0.2) is 36.1 Å². The summed E-state index contributed by atoms with van der Waals surface area (Å²) in [5.74, 6) is -0.626. The van der Waals surface area contributed by atoms with Crippen molar-refractivity contribution in [1.29, 1.82) is 0 Å². The van der Waals surface area contributed by atoms with Crippen LogP contribution in [-0.2, 0) is 4.79 Å². The van der Waals surface area contributed by atoms with Crippen LogP contribution in [0.5, 0.6) is 0 Å². The molecule has 2 unspecified atom stereocenters. The van der Waals surface area contributed by atoms with Gasteiger partial charge in [-0.3, -0.25) is 4.79 Å². The summed E-state index contributed by atoms with van der Waals surface area (Å²) in [4.78, 5) is 13.0. The van der Waals surface area contributed by atoms with Crippen LogP contribution < -0.4 is 0 Å². The van der Waals surface area contributed by atoms with Crippen molar-refractivity contribution in [3.63, 3.8) is 0 Å². The van der Waals surface area contributed by atoms with E-state index in [-0.39, 0.29) is 11.8 Å². The molecular formula is C11H23NO2. The molecule has 0 aliphatic rings. The van der Waals surface area contributed by atoms with Crippen LogP contribution in [0.25, 0.3) is 0 Å². The molecule has 84 valence electrons. The SMILES string of the molecule is CCCC(CN(C)CC)C(C)C(=O)O. The molecule has 0 aromatic rings. The van der Waals surface area contributed by atoms with Gasteiger partial charge in [-0.15, -0.1) is 0 Å². The summed E-state index contributed by atoms with van der Waals surface area (Å²) in [6.45, 7) is 7.87. The first-order chi connectivity index (χ1) is 6.52. The maximum Gasteiger partial charge on any atom is 0.306 e. The second-order valence-corrected chi connectivity index (χ2v) is 4.03. The van der Waals surface area contributed by atoms with Crippen molar-refractivity contribution in [2.24, 2.45) is 11.8 Å². The minimum absolute atomic E-state index is 0.232. The first kappa shape index (κ1) is 13.4. The maximum absolute atomic E-state index is 10.9. The van der Waals surface area contributed by atoms with Crippen LogP contribution >= 0.6 is 0 Å². The Bertz CT molecular complexity index is 171. The predicted molar refractivity (Wildman–Crippen MR) is 58.4 cm³/mol. The fourth-order valence-corrected chi connectivity index (χ4v) is 1.60. The van der Waals surface area contributed by atoms with Gasteiger partial charge < -0.3 is 10.0 Å². The predicted octanol–water partition coefficient (Wildman–Crippen LogP) is 2.08. The molecule has 0 amide bonds. The van der Waals surface area contributed by atoms with Crippen molar-refractivity contribution in [2.45, 2.75) is 33.6 Å². The molecule has 2 atom stereocenters. The normalized spacial score (nSPS) is 15.5. The van der Waals surface area contributed by atoms with Gasteiger partial charge in [0.2, 0.25) is 0 Å². The molecular weight excluding hydrogens is 178 g/mol. The smallest absolute Gasteiger partial charge is 0.306 e. The number of rotatable bonds is 7. The first-order valence-electron chi connectivity index (χ1n) is 5.44. The Morgan fingerprint density at radius 1 is 1.43 bits per heavy atom. The summed E-state index contributed by atoms with van der Waals surface area (Å²) in [7, 11) is 2.04. The van der Waals surface area contributed by atoms with E-state index in [0.717, 1.165) is 25.9 Å². The molecule has 0 saturated carbocycles. The lowest BCUT2D eigenvalue weighted by molar-refractivity contribution is -0.143. The molecule has 0 heterocycles. The van der Waals surface area contributed by atoms with Gasteiger partial charge in [0.15, 0.2) is 0 Å². The molecule has 0 fully saturated rings. The van der Waals surface area contributed by atoms with Crippen LogP contribution in [0, 0.1) is 11.8 Å². The maximum atomic E-state index is 10.9. The van der Waals surface area contributed by atoms with E-state index < -0.39 is 5.97 Å². The van der Waals surface area contributed by atoms with E-state index in [1.165, 1.54) is 0 Å². The van der Waals surface area contributed by atoms with Gasteiger partial charge in [0.25, 0.3) is 0 Å². The van der Waals surface area contributed by atoms with Crippen LogP contribution in [0.1, 0.15) is 33.6 Å². The Morgan fingerprint density at radius 2 is 2.00 bits per heavy atom. The van der Waals surface area contributed by atoms with Crippen molar-refractivity contribution in [3.05, 3.63) is 0 Å². The van der Waals surface area contributed by atoms with E-state index >= 15 is 0 Å². The van der Waals surface area contributed by atoms with Crippen LogP contribution in [0.4, 0.5) is 0 Å². The molecule has 0 aromatic heterocycles. The lowest BCUT2D eigenvalue weighted by atomic mass is 9.89. The van der Waals surface area contributed by atoms with Gasteiger partial charge in [0, 0.05) is 6.54 Å². The number of carboxylic acids is 1. The van der Waals surface area contributed by atoms with Crippen molar-refractivity contribution >= 4 is 5.97 Å². The fourth-order valence-electron chi connectivity index (χ4n) is 1.60. The summed E-state index contributed by atoms with van der Waals surface area (Å²) in [6.07, 6.45) is 2.05. The third-order valence-corrected chi connectivity index (χ3v) is 2.84. The van der Waals surface area contributed by atoms with E-state index in [2.05, 4.69) is 18.7 Å². The number of hydrogen-bond donors (Lipinski definition) is 1. The topological polar surface area (TPSA) is 40.5 Å². The minimum Gasteiger partial charge on any atom is -0.481 e. The largest absolute Gasteiger partial charge is 0.481 e. The molecule has 14 heavy (non-hydrogen) atoms. The van der Waals surface area contributed by atoms with E-state index in [0.29, 0.717) is 0 Å².